The van der Waals surface area contributed by atoms with E-state index in [1.165, 1.54) is 64.2 Å². The molecule has 1 fully saturated rings. The molecule has 0 spiro atoms. The van der Waals surface area contributed by atoms with Crippen LogP contribution in [0, 0.1) is 0 Å². The summed E-state index contributed by atoms with van der Waals surface area (Å²) >= 11 is 0. The van der Waals surface area contributed by atoms with Crippen LogP contribution in [0.5, 0.6) is 0 Å². The van der Waals surface area contributed by atoms with Crippen molar-refractivity contribution in [2.75, 3.05) is 13.2 Å². The summed E-state index contributed by atoms with van der Waals surface area (Å²) in [4.78, 5) is 19.3. The lowest BCUT2D eigenvalue weighted by molar-refractivity contribution is -0.295. The van der Waals surface area contributed by atoms with Gasteiger partial charge in [0.1, 0.15) is 0 Å². The Hall–Kier alpha value is -0.650. The molecular formula is C16H35NO4. The van der Waals surface area contributed by atoms with Crippen molar-refractivity contribution in [1.82, 2.24) is 6.15 Å². The van der Waals surface area contributed by atoms with Crippen LogP contribution in [0.2, 0.25) is 0 Å². The van der Waals surface area contributed by atoms with Crippen LogP contribution in [0.25, 0.3) is 0 Å². The molecule has 5 nitrogen and oxygen atoms in total. The van der Waals surface area contributed by atoms with E-state index in [-0.39, 0.29) is 6.15 Å². The fraction of sp³-hybridized carbons (Fsp3) is 0.938. The summed E-state index contributed by atoms with van der Waals surface area (Å²) in [6, 6.07) is 0. The summed E-state index contributed by atoms with van der Waals surface area (Å²) in [5, 5.41) is 7.42. The Morgan fingerprint density at radius 2 is 0.857 bits per heavy atom. The summed E-state index contributed by atoms with van der Waals surface area (Å²) in [5.41, 5.74) is 0. The van der Waals surface area contributed by atoms with Crippen molar-refractivity contribution in [3.05, 3.63) is 0 Å². The molecule has 0 aromatic rings. The summed E-state index contributed by atoms with van der Waals surface area (Å²) < 4.78 is 0. The maximum atomic E-state index is 9.00. The molecule has 0 aromatic carbocycles. The van der Waals surface area contributed by atoms with Gasteiger partial charge in [-0.3, -0.25) is 4.79 Å². The average Bonchev–Trinajstić information content (AvgIpc) is 2.38. The van der Waals surface area contributed by atoms with E-state index < -0.39 is 5.97 Å². The zero-order valence-electron chi connectivity index (χ0n) is 13.8. The Morgan fingerprint density at radius 1 is 0.667 bits per heavy atom. The third-order valence-corrected chi connectivity index (χ3v) is 3.29. The summed E-state index contributed by atoms with van der Waals surface area (Å²) in [7, 11) is 0. The van der Waals surface area contributed by atoms with Crippen LogP contribution in [0.15, 0.2) is 0 Å². The zero-order chi connectivity index (χ0) is 14.9. The Balaban J connectivity index is 0. The van der Waals surface area contributed by atoms with Crippen LogP contribution >= 0.6 is 0 Å². The maximum absolute atomic E-state index is 9.00. The van der Waals surface area contributed by atoms with Gasteiger partial charge in [-0.05, 0) is 12.8 Å². The minimum Gasteiger partial charge on any atom is -0.481 e. The fourth-order valence-electron chi connectivity index (χ4n) is 2.21. The highest BCUT2D eigenvalue weighted by Crippen LogP contribution is 2.12. The number of carboxylic acids is 1. The predicted molar refractivity (Wildman–Crippen MR) is 85.6 cm³/mol. The van der Waals surface area contributed by atoms with Gasteiger partial charge in [-0.2, -0.15) is 0 Å². The number of carboxylic acid groups (broad SMARTS) is 1. The summed E-state index contributed by atoms with van der Waals surface area (Å²) in [6.07, 6.45) is 16.2. The molecule has 128 valence electrons. The SMILES string of the molecule is C1CCCCCCCOOCCCCCC1.CC(=O)O.N. The van der Waals surface area contributed by atoms with Crippen LogP contribution in [0.4, 0.5) is 0 Å². The topological polar surface area (TPSA) is 90.8 Å². The standard InChI is InChI=1S/C14H28O2.C2H4O2.H3N/c1-2-4-6-8-10-12-14-16-15-13-11-9-7-5-3-1;1-2(3)4;/h1-14H2;1H3,(H,3,4);1H3. The van der Waals surface area contributed by atoms with Crippen molar-refractivity contribution >= 4 is 5.97 Å². The molecule has 0 amide bonds. The van der Waals surface area contributed by atoms with E-state index >= 15 is 0 Å². The van der Waals surface area contributed by atoms with E-state index in [0.717, 1.165) is 33.0 Å². The largest absolute Gasteiger partial charge is 0.481 e. The minimum absolute atomic E-state index is 0. The second-order valence-electron chi connectivity index (χ2n) is 5.41. The van der Waals surface area contributed by atoms with Gasteiger partial charge in [0.05, 0.1) is 13.2 Å². The molecule has 0 aromatic heterocycles. The Kier molecular flexibility index (Phi) is 20.9. The van der Waals surface area contributed by atoms with Crippen LogP contribution in [0.3, 0.4) is 0 Å². The highest BCUT2D eigenvalue weighted by Gasteiger charge is 1.96. The van der Waals surface area contributed by atoms with Crippen molar-refractivity contribution in [3.63, 3.8) is 0 Å². The van der Waals surface area contributed by atoms with E-state index in [1.54, 1.807) is 0 Å². The third-order valence-electron chi connectivity index (χ3n) is 3.29. The van der Waals surface area contributed by atoms with Gasteiger partial charge < -0.3 is 11.3 Å². The number of aliphatic carboxylic acids is 1. The van der Waals surface area contributed by atoms with Crippen molar-refractivity contribution in [2.45, 2.75) is 84.0 Å². The second kappa shape index (κ2) is 19.4. The van der Waals surface area contributed by atoms with Gasteiger partial charge in [-0.1, -0.05) is 64.2 Å². The first-order chi connectivity index (χ1) is 9.73. The molecule has 0 saturated carbocycles. The van der Waals surface area contributed by atoms with Gasteiger partial charge in [-0.15, -0.1) is 0 Å². The molecule has 1 aliphatic rings. The maximum Gasteiger partial charge on any atom is 0.300 e. The molecule has 0 aliphatic carbocycles. The van der Waals surface area contributed by atoms with E-state index in [4.69, 9.17) is 19.7 Å². The summed E-state index contributed by atoms with van der Waals surface area (Å²) in [5.74, 6) is -0.833. The molecule has 5 heteroatoms. The lowest BCUT2D eigenvalue weighted by Gasteiger charge is -2.06. The first-order valence-electron chi connectivity index (χ1n) is 8.17. The Morgan fingerprint density at radius 3 is 1.10 bits per heavy atom. The Bertz CT molecular complexity index is 144. The minimum atomic E-state index is -0.833. The Labute approximate surface area is 129 Å². The second-order valence-corrected chi connectivity index (χ2v) is 5.41. The number of carbonyl (C=O) groups is 1. The van der Waals surface area contributed by atoms with Crippen LogP contribution in [-0.2, 0) is 14.6 Å². The van der Waals surface area contributed by atoms with E-state index in [0.29, 0.717) is 0 Å². The van der Waals surface area contributed by atoms with E-state index in [1.807, 2.05) is 0 Å². The zero-order valence-corrected chi connectivity index (χ0v) is 13.8. The normalized spacial score (nSPS) is 19.5. The quantitative estimate of drug-likeness (QED) is 0.622. The molecule has 4 N–H and O–H groups in total. The first kappa shape index (κ1) is 22.6. The number of hydrogen-bond acceptors (Lipinski definition) is 4. The van der Waals surface area contributed by atoms with Crippen molar-refractivity contribution in [1.29, 1.82) is 0 Å². The molecule has 1 saturated heterocycles. The van der Waals surface area contributed by atoms with Gasteiger partial charge >= 0.3 is 0 Å². The molecule has 1 rings (SSSR count). The van der Waals surface area contributed by atoms with Crippen molar-refractivity contribution < 1.29 is 19.7 Å². The molecular weight excluding hydrogens is 270 g/mol. The number of hydrogen-bond donors (Lipinski definition) is 2. The van der Waals surface area contributed by atoms with Gasteiger partial charge in [0.15, 0.2) is 0 Å². The molecule has 0 unspecified atom stereocenters. The first-order valence-corrected chi connectivity index (χ1v) is 8.17. The summed E-state index contributed by atoms with van der Waals surface area (Å²) in [6.45, 7) is 2.64. The van der Waals surface area contributed by atoms with Gasteiger partial charge in [-0.25, -0.2) is 9.78 Å². The molecule has 21 heavy (non-hydrogen) atoms. The molecule has 1 aliphatic heterocycles. The number of rotatable bonds is 0. The lowest BCUT2D eigenvalue weighted by atomic mass is 10.1. The van der Waals surface area contributed by atoms with Crippen LogP contribution in [-0.4, -0.2) is 24.3 Å². The van der Waals surface area contributed by atoms with Gasteiger partial charge in [0.25, 0.3) is 5.97 Å². The fourth-order valence-corrected chi connectivity index (χ4v) is 2.21. The van der Waals surface area contributed by atoms with Crippen molar-refractivity contribution in [3.8, 4) is 0 Å². The van der Waals surface area contributed by atoms with Crippen LogP contribution in [0.1, 0.15) is 84.0 Å². The highest BCUT2D eigenvalue weighted by molar-refractivity contribution is 5.62. The average molecular weight is 305 g/mol. The van der Waals surface area contributed by atoms with E-state index in [9.17, 15) is 0 Å². The highest BCUT2D eigenvalue weighted by atomic mass is 17.2. The molecule has 0 bridgehead atoms. The van der Waals surface area contributed by atoms with Gasteiger partial charge in [0.2, 0.25) is 0 Å². The van der Waals surface area contributed by atoms with Crippen molar-refractivity contribution in [2.24, 2.45) is 0 Å². The lowest BCUT2D eigenvalue weighted by Crippen LogP contribution is -1.99. The third kappa shape index (κ3) is 24.7. The predicted octanol–water partition coefficient (Wildman–Crippen LogP) is 4.88. The smallest absolute Gasteiger partial charge is 0.300 e. The van der Waals surface area contributed by atoms with Gasteiger partial charge in [0, 0.05) is 6.92 Å². The van der Waals surface area contributed by atoms with E-state index in [2.05, 4.69) is 0 Å². The monoisotopic (exact) mass is 305 g/mol. The molecule has 0 radical (unpaired) electrons. The molecule has 1 heterocycles. The molecule has 0 atom stereocenters. The van der Waals surface area contributed by atoms with Crippen LogP contribution < -0.4 is 6.15 Å².